The standard InChI is InChI=1S/C13H10FNO4S/c1-2-19-13(18)11-15-9(12(16)17)10(20-11)7-5-3-4-6-8(7)14/h3-6H,2H2,1H3,(H,16,17). The molecule has 1 aromatic carbocycles. The van der Waals surface area contributed by atoms with E-state index >= 15 is 0 Å². The third kappa shape index (κ3) is 2.67. The van der Waals surface area contributed by atoms with E-state index in [4.69, 9.17) is 9.84 Å². The molecule has 0 aliphatic rings. The number of aromatic nitrogens is 1. The van der Waals surface area contributed by atoms with E-state index in [1.807, 2.05) is 0 Å². The molecular weight excluding hydrogens is 285 g/mol. The first-order valence-corrected chi connectivity index (χ1v) is 6.52. The molecule has 0 fully saturated rings. The summed E-state index contributed by atoms with van der Waals surface area (Å²) in [5.41, 5.74) is -0.263. The maximum absolute atomic E-state index is 13.7. The summed E-state index contributed by atoms with van der Waals surface area (Å²) in [7, 11) is 0. The highest BCUT2D eigenvalue weighted by Gasteiger charge is 2.24. The average molecular weight is 295 g/mol. The van der Waals surface area contributed by atoms with Crippen molar-refractivity contribution in [2.45, 2.75) is 6.92 Å². The lowest BCUT2D eigenvalue weighted by atomic mass is 10.1. The number of rotatable bonds is 4. The highest BCUT2D eigenvalue weighted by molar-refractivity contribution is 7.17. The molecule has 20 heavy (non-hydrogen) atoms. The van der Waals surface area contributed by atoms with Crippen LogP contribution < -0.4 is 0 Å². The zero-order valence-corrected chi connectivity index (χ0v) is 11.2. The lowest BCUT2D eigenvalue weighted by Crippen LogP contribution is -2.05. The second-order valence-corrected chi connectivity index (χ2v) is 4.70. The molecule has 0 aliphatic heterocycles. The average Bonchev–Trinajstić information content (AvgIpc) is 2.84. The second-order valence-electron chi connectivity index (χ2n) is 3.70. The summed E-state index contributed by atoms with van der Waals surface area (Å²) in [6.07, 6.45) is 0. The Morgan fingerprint density at radius 1 is 1.40 bits per heavy atom. The zero-order chi connectivity index (χ0) is 14.7. The van der Waals surface area contributed by atoms with E-state index < -0.39 is 17.8 Å². The third-order valence-electron chi connectivity index (χ3n) is 2.40. The van der Waals surface area contributed by atoms with Crippen molar-refractivity contribution in [1.29, 1.82) is 0 Å². The summed E-state index contributed by atoms with van der Waals surface area (Å²) in [6, 6.07) is 5.72. The Labute approximate surface area is 117 Å². The largest absolute Gasteiger partial charge is 0.476 e. The van der Waals surface area contributed by atoms with Crippen molar-refractivity contribution in [3.05, 3.63) is 40.8 Å². The number of carboxylic acids is 1. The molecule has 0 saturated heterocycles. The highest BCUT2D eigenvalue weighted by Crippen LogP contribution is 2.32. The number of esters is 1. The molecule has 0 radical (unpaired) electrons. The van der Waals surface area contributed by atoms with Gasteiger partial charge in [-0.3, -0.25) is 0 Å². The zero-order valence-electron chi connectivity index (χ0n) is 10.4. The fourth-order valence-corrected chi connectivity index (χ4v) is 2.55. The number of carbonyl (C=O) groups is 2. The predicted molar refractivity (Wildman–Crippen MR) is 70.4 cm³/mol. The smallest absolute Gasteiger partial charge is 0.367 e. The summed E-state index contributed by atoms with van der Waals surface area (Å²) in [4.78, 5) is 26.6. The van der Waals surface area contributed by atoms with Crippen molar-refractivity contribution >= 4 is 23.3 Å². The maximum Gasteiger partial charge on any atom is 0.367 e. The van der Waals surface area contributed by atoms with Gasteiger partial charge in [0.05, 0.1) is 11.5 Å². The number of thiazole rings is 1. The molecule has 7 heteroatoms. The summed E-state index contributed by atoms with van der Waals surface area (Å²) in [5, 5.41) is 9.00. The highest BCUT2D eigenvalue weighted by atomic mass is 32.1. The van der Waals surface area contributed by atoms with Gasteiger partial charge in [-0.15, -0.1) is 11.3 Å². The molecule has 1 aromatic heterocycles. The van der Waals surface area contributed by atoms with Crippen molar-refractivity contribution in [2.24, 2.45) is 0 Å². The van der Waals surface area contributed by atoms with Crippen LogP contribution in [0.4, 0.5) is 4.39 Å². The molecule has 0 saturated carbocycles. The van der Waals surface area contributed by atoms with Gasteiger partial charge in [-0.25, -0.2) is 19.0 Å². The van der Waals surface area contributed by atoms with Crippen LogP contribution in [0.3, 0.4) is 0 Å². The second kappa shape index (κ2) is 5.79. The number of hydrogen-bond donors (Lipinski definition) is 1. The number of nitrogens with zero attached hydrogens (tertiary/aromatic N) is 1. The number of halogens is 1. The number of carbonyl (C=O) groups excluding carboxylic acids is 1. The molecule has 0 spiro atoms. The Hall–Kier alpha value is -2.28. The lowest BCUT2D eigenvalue weighted by Gasteiger charge is -2.00. The number of benzene rings is 1. The fourth-order valence-electron chi connectivity index (χ4n) is 1.57. The Morgan fingerprint density at radius 3 is 2.70 bits per heavy atom. The summed E-state index contributed by atoms with van der Waals surface area (Å²) < 4.78 is 18.5. The molecule has 0 amide bonds. The van der Waals surface area contributed by atoms with E-state index in [2.05, 4.69) is 4.98 Å². The molecule has 5 nitrogen and oxygen atoms in total. The Morgan fingerprint density at radius 2 is 2.10 bits per heavy atom. The summed E-state index contributed by atoms with van der Waals surface area (Å²) >= 11 is 0.797. The minimum Gasteiger partial charge on any atom is -0.476 e. The quantitative estimate of drug-likeness (QED) is 0.878. The van der Waals surface area contributed by atoms with Gasteiger partial charge in [0.25, 0.3) is 0 Å². The molecule has 0 aliphatic carbocycles. The van der Waals surface area contributed by atoms with Crippen LogP contribution in [0.5, 0.6) is 0 Å². The number of hydrogen-bond acceptors (Lipinski definition) is 5. The van der Waals surface area contributed by atoms with Crippen molar-refractivity contribution < 1.29 is 23.8 Å². The van der Waals surface area contributed by atoms with Crippen LogP contribution in [0.25, 0.3) is 10.4 Å². The van der Waals surface area contributed by atoms with Crippen LogP contribution in [0.15, 0.2) is 24.3 Å². The van der Waals surface area contributed by atoms with Crippen LogP contribution in [-0.4, -0.2) is 28.6 Å². The van der Waals surface area contributed by atoms with Gasteiger partial charge in [-0.2, -0.15) is 0 Å². The molecule has 0 atom stereocenters. The molecule has 1 N–H and O–H groups in total. The normalized spacial score (nSPS) is 10.3. The predicted octanol–water partition coefficient (Wildman–Crippen LogP) is 2.82. The first-order chi connectivity index (χ1) is 9.54. The number of ether oxygens (including phenoxy) is 1. The minimum atomic E-state index is -1.32. The van der Waals surface area contributed by atoms with Gasteiger partial charge in [-0.05, 0) is 13.0 Å². The van der Waals surface area contributed by atoms with Crippen molar-refractivity contribution in [2.75, 3.05) is 6.61 Å². The molecule has 104 valence electrons. The lowest BCUT2D eigenvalue weighted by molar-refractivity contribution is 0.0526. The number of carboxylic acid groups (broad SMARTS) is 1. The van der Waals surface area contributed by atoms with Gasteiger partial charge in [0.15, 0.2) is 5.69 Å². The molecular formula is C13H10FNO4S. The van der Waals surface area contributed by atoms with Crippen LogP contribution in [-0.2, 0) is 4.74 Å². The van der Waals surface area contributed by atoms with Crippen molar-refractivity contribution in [3.63, 3.8) is 0 Å². The van der Waals surface area contributed by atoms with E-state index in [1.54, 1.807) is 13.0 Å². The van der Waals surface area contributed by atoms with E-state index in [0.29, 0.717) is 0 Å². The Kier molecular flexibility index (Phi) is 4.09. The van der Waals surface area contributed by atoms with Crippen LogP contribution in [0.1, 0.15) is 27.2 Å². The van der Waals surface area contributed by atoms with Crippen LogP contribution >= 0.6 is 11.3 Å². The van der Waals surface area contributed by atoms with Crippen LogP contribution in [0, 0.1) is 5.82 Å². The molecule has 0 unspecified atom stereocenters. The van der Waals surface area contributed by atoms with Gasteiger partial charge < -0.3 is 9.84 Å². The summed E-state index contributed by atoms with van der Waals surface area (Å²) in [5.74, 6) is -2.62. The van der Waals surface area contributed by atoms with Gasteiger partial charge in [0.1, 0.15) is 5.82 Å². The fraction of sp³-hybridized carbons (Fsp3) is 0.154. The molecule has 0 bridgehead atoms. The monoisotopic (exact) mass is 295 g/mol. The van der Waals surface area contributed by atoms with Gasteiger partial charge in [-0.1, -0.05) is 18.2 Å². The van der Waals surface area contributed by atoms with Gasteiger partial charge >= 0.3 is 11.9 Å². The third-order valence-corrected chi connectivity index (χ3v) is 3.47. The van der Waals surface area contributed by atoms with Crippen LogP contribution in [0.2, 0.25) is 0 Å². The van der Waals surface area contributed by atoms with Crippen molar-refractivity contribution in [1.82, 2.24) is 4.98 Å². The summed E-state index contributed by atoms with van der Waals surface area (Å²) in [6.45, 7) is 1.78. The van der Waals surface area contributed by atoms with E-state index in [-0.39, 0.29) is 27.7 Å². The topological polar surface area (TPSA) is 76.5 Å². The van der Waals surface area contributed by atoms with Crippen molar-refractivity contribution in [3.8, 4) is 10.4 Å². The molecule has 1 heterocycles. The van der Waals surface area contributed by atoms with E-state index in [1.165, 1.54) is 18.2 Å². The molecule has 2 rings (SSSR count). The first kappa shape index (κ1) is 14.1. The number of aromatic carboxylic acids is 1. The maximum atomic E-state index is 13.7. The minimum absolute atomic E-state index is 0.0953. The molecule has 2 aromatic rings. The SMILES string of the molecule is CCOC(=O)c1nc(C(=O)O)c(-c2ccccc2F)s1. The van der Waals surface area contributed by atoms with E-state index in [9.17, 15) is 14.0 Å². The van der Waals surface area contributed by atoms with Gasteiger partial charge in [0, 0.05) is 5.56 Å². The first-order valence-electron chi connectivity index (χ1n) is 5.70. The Bertz CT molecular complexity index is 668. The van der Waals surface area contributed by atoms with E-state index in [0.717, 1.165) is 11.3 Å². The Balaban J connectivity index is 2.55. The van der Waals surface area contributed by atoms with Gasteiger partial charge in [0.2, 0.25) is 5.01 Å².